The number of nitrogens with zero attached hydrogens (tertiary/aromatic N) is 5. The van der Waals surface area contributed by atoms with Gasteiger partial charge in [-0.25, -0.2) is 9.36 Å². The highest BCUT2D eigenvalue weighted by atomic mass is 35.5. The van der Waals surface area contributed by atoms with Crippen molar-refractivity contribution in [3.05, 3.63) is 39.9 Å². The van der Waals surface area contributed by atoms with Gasteiger partial charge in [0.25, 0.3) is 0 Å². The molecule has 3 aromatic rings. The number of hydrogen-bond donors (Lipinski definition) is 1. The van der Waals surface area contributed by atoms with Crippen molar-refractivity contribution in [1.82, 2.24) is 29.8 Å². The van der Waals surface area contributed by atoms with Crippen LogP contribution in [0.2, 0.25) is 15.1 Å². The highest BCUT2D eigenvalue weighted by Gasteiger charge is 2.15. The van der Waals surface area contributed by atoms with Crippen molar-refractivity contribution in [3.8, 4) is 11.6 Å². The molecule has 0 fully saturated rings. The summed E-state index contributed by atoms with van der Waals surface area (Å²) < 4.78 is 2.96. The second kappa shape index (κ2) is 4.31. The molecule has 0 aliphatic carbocycles. The van der Waals surface area contributed by atoms with Gasteiger partial charge in [0, 0.05) is 0 Å². The van der Waals surface area contributed by atoms with Crippen molar-refractivity contribution in [3.63, 3.8) is 0 Å². The van der Waals surface area contributed by atoms with E-state index in [-0.39, 0.29) is 0 Å². The Morgan fingerprint density at radius 2 is 1.56 bits per heavy atom. The van der Waals surface area contributed by atoms with Gasteiger partial charge in [0.1, 0.15) is 5.02 Å². The largest absolute Gasteiger partial charge is 0.258 e. The van der Waals surface area contributed by atoms with Crippen LogP contribution in [0.25, 0.3) is 11.6 Å². The van der Waals surface area contributed by atoms with Gasteiger partial charge in [-0.15, -0.1) is 0 Å². The Kier molecular flexibility index (Phi) is 2.77. The molecule has 0 saturated carbocycles. The van der Waals surface area contributed by atoms with Crippen LogP contribution in [0.4, 0.5) is 0 Å². The third-order valence-electron chi connectivity index (χ3n) is 2.22. The standard InChI is InChI=1S/C9H5Cl3N6/c10-5-1-13-17(3-5)8-7(12)9(16-15-8)18-4-6(11)2-14-18/h1-4H,(H,15,16). The van der Waals surface area contributed by atoms with Gasteiger partial charge in [-0.1, -0.05) is 34.8 Å². The smallest absolute Gasteiger partial charge is 0.196 e. The number of aromatic nitrogens is 6. The molecule has 3 heterocycles. The van der Waals surface area contributed by atoms with Crippen molar-refractivity contribution >= 4 is 34.8 Å². The van der Waals surface area contributed by atoms with Crippen molar-refractivity contribution in [1.29, 1.82) is 0 Å². The Labute approximate surface area is 116 Å². The normalized spacial score (nSPS) is 11.1. The fourth-order valence-corrected chi connectivity index (χ4v) is 1.98. The van der Waals surface area contributed by atoms with E-state index in [1.807, 2.05) is 0 Å². The highest BCUT2D eigenvalue weighted by molar-refractivity contribution is 6.34. The zero-order chi connectivity index (χ0) is 12.7. The number of halogens is 3. The third-order valence-corrected chi connectivity index (χ3v) is 2.96. The molecule has 3 rings (SSSR count). The van der Waals surface area contributed by atoms with Gasteiger partial charge in [0.2, 0.25) is 0 Å². The summed E-state index contributed by atoms with van der Waals surface area (Å²) in [6.45, 7) is 0. The van der Waals surface area contributed by atoms with E-state index in [1.54, 1.807) is 12.4 Å². The zero-order valence-corrected chi connectivity index (χ0v) is 10.9. The van der Waals surface area contributed by atoms with Gasteiger partial charge < -0.3 is 0 Å². The maximum absolute atomic E-state index is 6.21. The predicted molar refractivity (Wildman–Crippen MR) is 67.9 cm³/mol. The predicted octanol–water partition coefficient (Wildman–Crippen LogP) is 2.74. The molecule has 18 heavy (non-hydrogen) atoms. The van der Waals surface area contributed by atoms with Crippen LogP contribution in [-0.4, -0.2) is 29.8 Å². The molecule has 6 nitrogen and oxygen atoms in total. The van der Waals surface area contributed by atoms with E-state index in [4.69, 9.17) is 34.8 Å². The van der Waals surface area contributed by atoms with E-state index in [9.17, 15) is 0 Å². The molecule has 0 spiro atoms. The lowest BCUT2D eigenvalue weighted by Crippen LogP contribution is -1.96. The van der Waals surface area contributed by atoms with Crippen LogP contribution in [0.15, 0.2) is 24.8 Å². The Balaban J connectivity index is 2.08. The molecule has 0 bridgehead atoms. The van der Waals surface area contributed by atoms with Crippen molar-refractivity contribution in [2.75, 3.05) is 0 Å². The molecule has 0 unspecified atom stereocenters. The number of H-pyrrole nitrogens is 1. The first-order valence-corrected chi connectivity index (χ1v) is 5.93. The summed E-state index contributed by atoms with van der Waals surface area (Å²) in [6, 6.07) is 0. The lowest BCUT2D eigenvalue weighted by Gasteiger charge is -1.97. The maximum atomic E-state index is 6.21. The molecule has 9 heteroatoms. The zero-order valence-electron chi connectivity index (χ0n) is 8.68. The second-order valence-electron chi connectivity index (χ2n) is 3.42. The fraction of sp³-hybridized carbons (Fsp3) is 0. The Bertz CT molecular complexity index is 639. The van der Waals surface area contributed by atoms with Gasteiger partial charge in [0.05, 0.1) is 34.8 Å². The van der Waals surface area contributed by atoms with Gasteiger partial charge in [-0.05, 0) is 0 Å². The Morgan fingerprint density at radius 3 is 2.11 bits per heavy atom. The fourth-order valence-electron chi connectivity index (χ4n) is 1.45. The minimum Gasteiger partial charge on any atom is -0.258 e. The lowest BCUT2D eigenvalue weighted by atomic mass is 10.5. The first-order valence-electron chi connectivity index (χ1n) is 4.80. The maximum Gasteiger partial charge on any atom is 0.196 e. The molecule has 0 amide bonds. The molecule has 0 aliphatic rings. The Morgan fingerprint density at radius 1 is 0.944 bits per heavy atom. The summed E-state index contributed by atoms with van der Waals surface area (Å²) in [4.78, 5) is 0. The summed E-state index contributed by atoms with van der Waals surface area (Å²) >= 11 is 17.8. The molecule has 92 valence electrons. The van der Waals surface area contributed by atoms with Gasteiger partial charge in [-0.3, -0.25) is 5.10 Å². The second-order valence-corrected chi connectivity index (χ2v) is 4.67. The lowest BCUT2D eigenvalue weighted by molar-refractivity contribution is 0.819. The van der Waals surface area contributed by atoms with Crippen LogP contribution in [0.5, 0.6) is 0 Å². The van der Waals surface area contributed by atoms with Gasteiger partial charge >= 0.3 is 0 Å². The van der Waals surface area contributed by atoms with Crippen molar-refractivity contribution in [2.45, 2.75) is 0 Å². The van der Waals surface area contributed by atoms with Gasteiger partial charge in [0.15, 0.2) is 11.6 Å². The van der Waals surface area contributed by atoms with E-state index >= 15 is 0 Å². The number of nitrogens with one attached hydrogen (secondary N) is 1. The molecular weight excluding hydrogens is 299 g/mol. The average molecular weight is 304 g/mol. The summed E-state index contributed by atoms with van der Waals surface area (Å²) in [6.07, 6.45) is 6.21. The minimum absolute atomic E-state index is 0.370. The molecule has 0 radical (unpaired) electrons. The molecule has 1 N–H and O–H groups in total. The topological polar surface area (TPSA) is 64.3 Å². The number of hydrogen-bond acceptors (Lipinski definition) is 3. The highest BCUT2D eigenvalue weighted by Crippen LogP contribution is 2.25. The SMILES string of the molecule is Clc1cnn(-c2n[nH]c(-n3cc(Cl)cn3)c2Cl)c1. The quantitative estimate of drug-likeness (QED) is 0.791. The third kappa shape index (κ3) is 1.88. The Hall–Kier alpha value is -1.50. The van der Waals surface area contributed by atoms with E-state index in [1.165, 1.54) is 21.8 Å². The van der Waals surface area contributed by atoms with Crippen LogP contribution < -0.4 is 0 Å². The molecule has 3 aromatic heterocycles. The first kappa shape index (κ1) is 11.6. The number of aromatic amines is 1. The number of rotatable bonds is 2. The average Bonchev–Trinajstić information content (AvgIpc) is 3.00. The molecular formula is C9H5Cl3N6. The molecule has 0 saturated heterocycles. The van der Waals surface area contributed by atoms with Crippen LogP contribution in [0.1, 0.15) is 0 Å². The van der Waals surface area contributed by atoms with Crippen LogP contribution in [0, 0.1) is 0 Å². The van der Waals surface area contributed by atoms with Crippen LogP contribution in [-0.2, 0) is 0 Å². The van der Waals surface area contributed by atoms with E-state index < -0.39 is 0 Å². The van der Waals surface area contributed by atoms with E-state index in [2.05, 4.69) is 20.4 Å². The van der Waals surface area contributed by atoms with Crippen LogP contribution >= 0.6 is 34.8 Å². The van der Waals surface area contributed by atoms with Crippen molar-refractivity contribution in [2.24, 2.45) is 0 Å². The monoisotopic (exact) mass is 302 g/mol. The van der Waals surface area contributed by atoms with Gasteiger partial charge in [-0.2, -0.15) is 15.3 Å². The van der Waals surface area contributed by atoms with E-state index in [0.29, 0.717) is 26.7 Å². The van der Waals surface area contributed by atoms with E-state index in [0.717, 1.165) is 0 Å². The van der Waals surface area contributed by atoms with Crippen molar-refractivity contribution < 1.29 is 0 Å². The summed E-state index contributed by atoms with van der Waals surface area (Å²) in [5, 5.41) is 16.3. The summed E-state index contributed by atoms with van der Waals surface area (Å²) in [5.74, 6) is 0.940. The summed E-state index contributed by atoms with van der Waals surface area (Å²) in [5.41, 5.74) is 0. The summed E-state index contributed by atoms with van der Waals surface area (Å²) in [7, 11) is 0. The molecule has 0 aromatic carbocycles. The molecule has 0 aliphatic heterocycles. The van der Waals surface area contributed by atoms with Crippen LogP contribution in [0.3, 0.4) is 0 Å². The minimum atomic E-state index is 0.370. The molecule has 0 atom stereocenters. The first-order chi connectivity index (χ1) is 8.65.